The number of aliphatic imine (C=N–C) groups is 1. The topological polar surface area (TPSA) is 125 Å². The minimum Gasteiger partial charge on any atom is -0.272 e. The summed E-state index contributed by atoms with van der Waals surface area (Å²) in [6, 6.07) is 12.2. The summed E-state index contributed by atoms with van der Waals surface area (Å²) in [7, 11) is -9.54. The van der Waals surface area contributed by atoms with Crippen molar-refractivity contribution in [3.63, 3.8) is 0 Å². The minimum atomic E-state index is -5.14. The van der Waals surface area contributed by atoms with E-state index in [-0.39, 0.29) is 12.2 Å². The Morgan fingerprint density at radius 2 is 1.74 bits per heavy atom. The van der Waals surface area contributed by atoms with Crippen LogP contribution in [0, 0.1) is 17.2 Å². The molecule has 34 heavy (non-hydrogen) atoms. The number of rotatable bonds is 6. The summed E-state index contributed by atoms with van der Waals surface area (Å²) < 4.78 is 64.5. The number of nitrogens with zero attached hydrogens (tertiary/aromatic N) is 3. The lowest BCUT2D eigenvalue weighted by molar-refractivity contribution is -0.119. The highest BCUT2D eigenvalue weighted by Gasteiger charge is 2.31. The molecule has 0 radical (unpaired) electrons. The van der Waals surface area contributed by atoms with Crippen LogP contribution in [0.1, 0.15) is 11.1 Å². The van der Waals surface area contributed by atoms with Gasteiger partial charge in [-0.1, -0.05) is 24.3 Å². The molecule has 1 aliphatic heterocycles. The number of carbonyl (C=O) groups excluding carboxylic acids is 1. The van der Waals surface area contributed by atoms with Gasteiger partial charge in [0.05, 0.1) is 33.9 Å². The quantitative estimate of drug-likeness (QED) is 0.565. The predicted molar refractivity (Wildman–Crippen MR) is 121 cm³/mol. The van der Waals surface area contributed by atoms with E-state index in [0.29, 0.717) is 16.7 Å². The largest absolute Gasteiger partial charge is 0.332 e. The van der Waals surface area contributed by atoms with Gasteiger partial charge in [-0.2, -0.15) is 13.7 Å². The summed E-state index contributed by atoms with van der Waals surface area (Å²) in [5, 5.41) is 9.02. The number of fused-ring (bicyclic) bond motifs is 1. The van der Waals surface area contributed by atoms with Crippen LogP contribution in [0.15, 0.2) is 98.9 Å². The molecule has 0 bridgehead atoms. The van der Waals surface area contributed by atoms with Crippen LogP contribution in [0.2, 0.25) is 0 Å². The summed E-state index contributed by atoms with van der Waals surface area (Å²) in [6.07, 6.45) is 7.59. The Bertz CT molecular complexity index is 1550. The molecule has 1 amide bonds. The lowest BCUT2D eigenvalue weighted by Crippen LogP contribution is -2.32. The number of benzene rings is 2. The fourth-order valence-electron chi connectivity index (χ4n) is 3.50. The number of hydrogen-bond donors (Lipinski definition) is 0. The molecular formula is C23H16FN3O5S2. The average Bonchev–Trinajstić information content (AvgIpc) is 2.82. The standard InChI is InChI=1S/C23H16FN3O5S2/c24-33(29,30)20-2-1-3-21(13-20)34(31,32)27(15-17-6-4-16(14-25)5-7-17)19-9-8-18-10-11-26-23(28)22(18)12-19/h1-13,22H,15H2. The minimum absolute atomic E-state index is 0.158. The maximum Gasteiger partial charge on any atom is 0.332 e. The van der Waals surface area contributed by atoms with Crippen molar-refractivity contribution in [1.82, 2.24) is 4.31 Å². The van der Waals surface area contributed by atoms with E-state index in [0.717, 1.165) is 28.6 Å². The van der Waals surface area contributed by atoms with Crippen LogP contribution in [0.25, 0.3) is 0 Å². The van der Waals surface area contributed by atoms with Gasteiger partial charge >= 0.3 is 10.2 Å². The Kier molecular flexibility index (Phi) is 6.03. The first-order valence-corrected chi connectivity index (χ1v) is 12.7. The number of sulfonamides is 1. The van der Waals surface area contributed by atoms with E-state index in [1.807, 2.05) is 6.07 Å². The van der Waals surface area contributed by atoms with Crippen LogP contribution < -0.4 is 0 Å². The molecule has 1 unspecified atom stereocenters. The third-order valence-corrected chi connectivity index (χ3v) is 7.84. The van der Waals surface area contributed by atoms with Crippen LogP contribution >= 0.6 is 0 Å². The summed E-state index contributed by atoms with van der Waals surface area (Å²) >= 11 is 0. The van der Waals surface area contributed by atoms with Crippen molar-refractivity contribution < 1.29 is 25.5 Å². The third kappa shape index (κ3) is 4.59. The van der Waals surface area contributed by atoms with Crippen LogP contribution in [-0.2, 0) is 31.6 Å². The Hall–Kier alpha value is -3.88. The van der Waals surface area contributed by atoms with Crippen molar-refractivity contribution >= 4 is 32.4 Å². The summed E-state index contributed by atoms with van der Waals surface area (Å²) in [5.74, 6) is -1.23. The number of dihydropyridines is 1. The normalized spacial score (nSPS) is 17.4. The van der Waals surface area contributed by atoms with Gasteiger partial charge in [-0.25, -0.2) is 13.4 Å². The molecular weight excluding hydrogens is 481 g/mol. The van der Waals surface area contributed by atoms with Gasteiger partial charge < -0.3 is 0 Å². The SMILES string of the molecule is N#Cc1ccc(CN(C2=CC3C(=O)N=CC=C3C=C2)S(=O)(=O)c2cccc(S(=O)(=O)F)c2)cc1. The molecule has 0 spiro atoms. The lowest BCUT2D eigenvalue weighted by atomic mass is 9.91. The highest BCUT2D eigenvalue weighted by Crippen LogP contribution is 2.32. The highest BCUT2D eigenvalue weighted by atomic mass is 32.3. The fraction of sp³-hybridized carbons (Fsp3) is 0.0870. The molecule has 1 aliphatic carbocycles. The molecule has 1 atom stereocenters. The molecule has 0 fully saturated rings. The average molecular weight is 498 g/mol. The van der Waals surface area contributed by atoms with E-state index >= 15 is 0 Å². The van der Waals surface area contributed by atoms with Gasteiger partial charge in [0.25, 0.3) is 15.9 Å². The van der Waals surface area contributed by atoms with Crippen molar-refractivity contribution in [2.45, 2.75) is 16.3 Å². The van der Waals surface area contributed by atoms with E-state index in [4.69, 9.17) is 5.26 Å². The van der Waals surface area contributed by atoms with Gasteiger partial charge in [0.1, 0.15) is 0 Å². The predicted octanol–water partition coefficient (Wildman–Crippen LogP) is 3.01. The van der Waals surface area contributed by atoms with Crippen LogP contribution in [0.4, 0.5) is 3.89 Å². The Morgan fingerprint density at radius 3 is 2.41 bits per heavy atom. The molecule has 2 aromatic carbocycles. The van der Waals surface area contributed by atoms with Crippen molar-refractivity contribution in [2.24, 2.45) is 10.9 Å². The van der Waals surface area contributed by atoms with Crippen molar-refractivity contribution in [2.75, 3.05) is 0 Å². The molecule has 4 rings (SSSR count). The fourth-order valence-corrected chi connectivity index (χ4v) is 5.59. The Morgan fingerprint density at radius 1 is 1.03 bits per heavy atom. The van der Waals surface area contributed by atoms with E-state index in [9.17, 15) is 25.5 Å². The Balaban J connectivity index is 1.82. The summed E-state index contributed by atoms with van der Waals surface area (Å²) in [6.45, 7) is -0.194. The van der Waals surface area contributed by atoms with Gasteiger partial charge in [0, 0.05) is 11.9 Å². The van der Waals surface area contributed by atoms with Gasteiger partial charge in [-0.3, -0.25) is 9.10 Å². The number of allylic oxidation sites excluding steroid dienone is 3. The van der Waals surface area contributed by atoms with Crippen molar-refractivity contribution in [3.05, 3.63) is 95.2 Å². The molecule has 1 heterocycles. The second-order valence-corrected chi connectivity index (χ2v) is 10.6. The first-order valence-electron chi connectivity index (χ1n) is 9.84. The molecule has 2 aliphatic rings. The number of halogens is 1. The lowest BCUT2D eigenvalue weighted by Gasteiger charge is -2.29. The Labute approximate surface area is 195 Å². The molecule has 0 N–H and O–H groups in total. The van der Waals surface area contributed by atoms with Gasteiger partial charge in [-0.15, -0.1) is 3.89 Å². The maximum atomic E-state index is 13.6. The highest BCUT2D eigenvalue weighted by molar-refractivity contribution is 7.89. The first-order chi connectivity index (χ1) is 16.1. The number of carbonyl (C=O) groups is 1. The molecule has 0 aromatic heterocycles. The molecule has 2 aromatic rings. The third-order valence-electron chi connectivity index (χ3n) is 5.25. The number of nitriles is 1. The zero-order chi connectivity index (χ0) is 24.5. The van der Waals surface area contributed by atoms with Gasteiger partial charge in [0.2, 0.25) is 0 Å². The summed E-state index contributed by atoms with van der Waals surface area (Å²) in [5.41, 5.74) is 1.71. The zero-order valence-electron chi connectivity index (χ0n) is 17.4. The van der Waals surface area contributed by atoms with Gasteiger partial charge in [0.15, 0.2) is 0 Å². The molecule has 11 heteroatoms. The van der Waals surface area contributed by atoms with Crippen LogP contribution in [0.3, 0.4) is 0 Å². The number of hydrogen-bond acceptors (Lipinski definition) is 6. The molecule has 8 nitrogen and oxygen atoms in total. The zero-order valence-corrected chi connectivity index (χ0v) is 19.0. The van der Waals surface area contributed by atoms with Crippen LogP contribution in [-0.4, -0.2) is 33.3 Å². The van der Waals surface area contributed by atoms with E-state index in [2.05, 4.69) is 4.99 Å². The summed E-state index contributed by atoms with van der Waals surface area (Å²) in [4.78, 5) is 14.8. The number of amides is 1. The van der Waals surface area contributed by atoms with Crippen LogP contribution in [0.5, 0.6) is 0 Å². The first kappa shape index (κ1) is 23.3. The molecule has 172 valence electrons. The van der Waals surface area contributed by atoms with Gasteiger partial charge in [-0.05, 0) is 59.7 Å². The maximum absolute atomic E-state index is 13.6. The van der Waals surface area contributed by atoms with E-state index in [1.54, 1.807) is 24.3 Å². The van der Waals surface area contributed by atoms with Crippen molar-refractivity contribution in [3.8, 4) is 6.07 Å². The monoisotopic (exact) mass is 497 g/mol. The van der Waals surface area contributed by atoms with E-state index in [1.165, 1.54) is 30.5 Å². The van der Waals surface area contributed by atoms with Crippen molar-refractivity contribution in [1.29, 1.82) is 5.26 Å². The smallest absolute Gasteiger partial charge is 0.272 e. The second-order valence-electron chi connectivity index (χ2n) is 7.42. The van der Waals surface area contributed by atoms with E-state index < -0.39 is 41.9 Å². The molecule has 0 saturated carbocycles. The molecule has 0 saturated heterocycles. The second kappa shape index (κ2) is 8.81.